The average molecular weight is 294 g/mol. The number of aliphatic carboxylic acids is 1. The van der Waals surface area contributed by atoms with Crippen molar-refractivity contribution in [3.63, 3.8) is 0 Å². The quantitative estimate of drug-likeness (QED) is 0.473. The topological polar surface area (TPSA) is 153 Å². The predicted octanol–water partition coefficient (Wildman–Crippen LogP) is -1.01. The minimum atomic E-state index is -1.39. The number of urea groups is 1. The van der Waals surface area contributed by atoms with Gasteiger partial charge in [-0.1, -0.05) is 0 Å². The molecule has 0 radical (unpaired) electrons. The third-order valence-electron chi connectivity index (χ3n) is 2.75. The summed E-state index contributed by atoms with van der Waals surface area (Å²) in [5, 5.41) is 22.7. The number of aliphatic hydroxyl groups is 1. The first-order valence-electron chi connectivity index (χ1n) is 6.07. The molecule has 2 aromatic heterocycles. The summed E-state index contributed by atoms with van der Waals surface area (Å²) in [6, 6.07) is -2.11. The molecule has 2 aromatic rings. The summed E-state index contributed by atoms with van der Waals surface area (Å²) < 4.78 is 0. The number of fused-ring (bicyclic) bond motifs is 1. The van der Waals surface area contributed by atoms with Crippen molar-refractivity contribution < 1.29 is 19.8 Å². The van der Waals surface area contributed by atoms with Crippen molar-refractivity contribution in [2.45, 2.75) is 25.6 Å². The summed E-state index contributed by atoms with van der Waals surface area (Å²) in [4.78, 5) is 37.2. The fourth-order valence-electron chi connectivity index (χ4n) is 1.69. The smallest absolute Gasteiger partial charge is 0.328 e. The molecule has 2 rings (SSSR count). The minimum Gasteiger partial charge on any atom is -0.480 e. The highest BCUT2D eigenvalue weighted by Crippen LogP contribution is 2.08. The van der Waals surface area contributed by atoms with E-state index < -0.39 is 24.1 Å². The highest BCUT2D eigenvalue weighted by molar-refractivity contribution is 5.83. The Balaban J connectivity index is 1.98. The monoisotopic (exact) mass is 294 g/mol. The van der Waals surface area contributed by atoms with E-state index in [1.807, 2.05) is 0 Å². The summed E-state index contributed by atoms with van der Waals surface area (Å²) >= 11 is 0. The Bertz CT molecular complexity index is 655. The van der Waals surface area contributed by atoms with Crippen LogP contribution in [0.5, 0.6) is 0 Å². The molecular weight excluding hydrogens is 280 g/mol. The minimum absolute atomic E-state index is 0.0548. The average Bonchev–Trinajstić information content (AvgIpc) is 2.90. The lowest BCUT2D eigenvalue weighted by molar-refractivity contribution is -0.141. The molecule has 0 bridgehead atoms. The van der Waals surface area contributed by atoms with Crippen molar-refractivity contribution in [3.05, 3.63) is 18.3 Å². The van der Waals surface area contributed by atoms with E-state index in [-0.39, 0.29) is 6.54 Å². The maximum absolute atomic E-state index is 11.6. The number of H-pyrrole nitrogens is 1. The van der Waals surface area contributed by atoms with Crippen molar-refractivity contribution in [1.82, 2.24) is 30.6 Å². The number of aromatic amines is 1. The molecule has 0 aliphatic heterocycles. The van der Waals surface area contributed by atoms with E-state index in [0.29, 0.717) is 16.9 Å². The van der Waals surface area contributed by atoms with Gasteiger partial charge in [-0.15, -0.1) is 0 Å². The van der Waals surface area contributed by atoms with Crippen LogP contribution >= 0.6 is 0 Å². The van der Waals surface area contributed by atoms with Gasteiger partial charge in [-0.05, 0) is 6.92 Å². The maximum Gasteiger partial charge on any atom is 0.328 e. The number of hydrogen-bond donors (Lipinski definition) is 5. The standard InChI is InChI=1S/C11H14N6O4/c1-5(18)7(10(19)20)17-11(21)12-2-6-8-9(15-3-13-6)16-4-14-8/h3-5,7,18H,2H2,1H3,(H,19,20)(H2,12,17,21)(H,13,14,15,16)/t5-,7+/m1/s1. The molecule has 0 saturated carbocycles. The molecule has 112 valence electrons. The van der Waals surface area contributed by atoms with Gasteiger partial charge in [0.2, 0.25) is 0 Å². The fourth-order valence-corrected chi connectivity index (χ4v) is 1.69. The van der Waals surface area contributed by atoms with Crippen LogP contribution in [0.3, 0.4) is 0 Å². The van der Waals surface area contributed by atoms with Gasteiger partial charge in [-0.3, -0.25) is 0 Å². The number of rotatable bonds is 5. The Hall–Kier alpha value is -2.75. The second-order valence-corrected chi connectivity index (χ2v) is 4.31. The van der Waals surface area contributed by atoms with Gasteiger partial charge >= 0.3 is 12.0 Å². The molecule has 0 saturated heterocycles. The molecule has 21 heavy (non-hydrogen) atoms. The molecule has 5 N–H and O–H groups in total. The zero-order valence-electron chi connectivity index (χ0n) is 11.1. The molecule has 10 heteroatoms. The normalized spacial score (nSPS) is 13.6. The van der Waals surface area contributed by atoms with Crippen LogP contribution < -0.4 is 10.6 Å². The van der Waals surface area contributed by atoms with Crippen LogP contribution in [0, 0.1) is 0 Å². The predicted molar refractivity (Wildman–Crippen MR) is 70.2 cm³/mol. The van der Waals surface area contributed by atoms with Gasteiger partial charge in [0, 0.05) is 0 Å². The second kappa shape index (κ2) is 6.13. The first-order valence-corrected chi connectivity index (χ1v) is 6.07. The van der Waals surface area contributed by atoms with Gasteiger partial charge in [0.15, 0.2) is 11.7 Å². The first kappa shape index (κ1) is 14.7. The Morgan fingerprint density at radius 3 is 2.81 bits per heavy atom. The number of nitrogens with zero attached hydrogens (tertiary/aromatic N) is 3. The van der Waals surface area contributed by atoms with Crippen LogP contribution in [0.2, 0.25) is 0 Å². The van der Waals surface area contributed by atoms with Gasteiger partial charge in [0.25, 0.3) is 0 Å². The zero-order valence-corrected chi connectivity index (χ0v) is 11.1. The van der Waals surface area contributed by atoms with Gasteiger partial charge in [0.05, 0.1) is 24.7 Å². The van der Waals surface area contributed by atoms with Crippen molar-refractivity contribution in [1.29, 1.82) is 0 Å². The number of aliphatic hydroxyl groups excluding tert-OH is 1. The Kier molecular flexibility index (Phi) is 4.28. The van der Waals surface area contributed by atoms with E-state index in [9.17, 15) is 14.7 Å². The molecular formula is C11H14N6O4. The molecule has 0 aromatic carbocycles. The summed E-state index contributed by atoms with van der Waals surface area (Å²) in [7, 11) is 0. The van der Waals surface area contributed by atoms with E-state index in [1.54, 1.807) is 0 Å². The molecule has 0 spiro atoms. The zero-order chi connectivity index (χ0) is 15.4. The van der Waals surface area contributed by atoms with Gasteiger partial charge in [-0.2, -0.15) is 0 Å². The summed E-state index contributed by atoms with van der Waals surface area (Å²) in [5.41, 5.74) is 1.56. The highest BCUT2D eigenvalue weighted by atomic mass is 16.4. The van der Waals surface area contributed by atoms with Crippen LogP contribution in [-0.2, 0) is 11.3 Å². The third-order valence-corrected chi connectivity index (χ3v) is 2.75. The van der Waals surface area contributed by atoms with E-state index in [2.05, 4.69) is 30.6 Å². The Morgan fingerprint density at radius 2 is 2.14 bits per heavy atom. The van der Waals surface area contributed by atoms with Crippen molar-refractivity contribution in [2.75, 3.05) is 0 Å². The number of aromatic nitrogens is 4. The van der Waals surface area contributed by atoms with Gasteiger partial charge in [0.1, 0.15) is 11.8 Å². The lowest BCUT2D eigenvalue weighted by atomic mass is 10.2. The highest BCUT2D eigenvalue weighted by Gasteiger charge is 2.24. The number of imidazole rings is 1. The van der Waals surface area contributed by atoms with Crippen molar-refractivity contribution in [3.8, 4) is 0 Å². The van der Waals surface area contributed by atoms with E-state index in [4.69, 9.17) is 5.11 Å². The van der Waals surface area contributed by atoms with Crippen molar-refractivity contribution in [2.24, 2.45) is 0 Å². The van der Waals surface area contributed by atoms with E-state index >= 15 is 0 Å². The molecule has 0 fully saturated rings. The van der Waals surface area contributed by atoms with Crippen LogP contribution in [0.15, 0.2) is 12.7 Å². The molecule has 10 nitrogen and oxygen atoms in total. The first-order chi connectivity index (χ1) is 9.99. The molecule has 2 atom stereocenters. The van der Waals surface area contributed by atoms with Crippen LogP contribution in [0.25, 0.3) is 11.2 Å². The molecule has 2 heterocycles. The lowest BCUT2D eigenvalue weighted by Gasteiger charge is -2.17. The number of carbonyl (C=O) groups excluding carboxylic acids is 1. The Morgan fingerprint density at radius 1 is 1.38 bits per heavy atom. The van der Waals surface area contributed by atoms with Crippen LogP contribution in [-0.4, -0.2) is 54.3 Å². The van der Waals surface area contributed by atoms with Crippen molar-refractivity contribution >= 4 is 23.2 Å². The molecule has 0 unspecified atom stereocenters. The number of nitrogens with one attached hydrogen (secondary N) is 3. The van der Waals surface area contributed by atoms with E-state index in [0.717, 1.165) is 0 Å². The van der Waals surface area contributed by atoms with Gasteiger partial charge < -0.3 is 25.8 Å². The number of carboxylic acids is 1. The van der Waals surface area contributed by atoms with Gasteiger partial charge in [-0.25, -0.2) is 24.5 Å². The number of carboxylic acid groups (broad SMARTS) is 1. The molecule has 0 aliphatic carbocycles. The number of carbonyl (C=O) groups is 2. The maximum atomic E-state index is 11.6. The number of hydrogen-bond acceptors (Lipinski definition) is 6. The largest absolute Gasteiger partial charge is 0.480 e. The lowest BCUT2D eigenvalue weighted by Crippen LogP contribution is -2.51. The SMILES string of the molecule is C[C@@H](O)[C@H](NC(=O)NCc1ncnc2nc[nH]c12)C(=O)O. The van der Waals surface area contributed by atoms with E-state index in [1.165, 1.54) is 19.6 Å². The fraction of sp³-hybridized carbons (Fsp3) is 0.364. The summed E-state index contributed by atoms with van der Waals surface area (Å²) in [6.07, 6.45) is 1.55. The second-order valence-electron chi connectivity index (χ2n) is 4.31. The Labute approximate surface area is 118 Å². The number of amides is 2. The summed E-state index contributed by atoms with van der Waals surface area (Å²) in [5.74, 6) is -1.32. The summed E-state index contributed by atoms with van der Waals surface area (Å²) in [6.45, 7) is 1.33. The third kappa shape index (κ3) is 3.42. The molecule has 2 amide bonds. The van der Waals surface area contributed by atoms with Crippen LogP contribution in [0.4, 0.5) is 4.79 Å². The van der Waals surface area contributed by atoms with Crippen LogP contribution in [0.1, 0.15) is 12.6 Å². The molecule has 0 aliphatic rings.